The summed E-state index contributed by atoms with van der Waals surface area (Å²) < 4.78 is 38.0. The highest BCUT2D eigenvalue weighted by Crippen LogP contribution is 2.29. The molecule has 0 saturated carbocycles. The number of alkyl halides is 3. The fourth-order valence-electron chi connectivity index (χ4n) is 3.24. The maximum atomic E-state index is 12.7. The largest absolute Gasteiger partial charge is 0.416 e. The number of nitrogen functional groups attached to an aromatic ring is 1. The zero-order valence-electron chi connectivity index (χ0n) is 14.9. The van der Waals surface area contributed by atoms with Crippen molar-refractivity contribution < 1.29 is 18.0 Å². The van der Waals surface area contributed by atoms with Crippen LogP contribution in [0.4, 0.5) is 18.9 Å². The fraction of sp³-hybridized carbons (Fsp3) is 0.350. The average Bonchev–Trinajstić information content (AvgIpc) is 2.86. The van der Waals surface area contributed by atoms with Crippen LogP contribution in [0.25, 0.3) is 0 Å². The number of carbonyl (C=O) groups is 1. The van der Waals surface area contributed by atoms with E-state index in [1.807, 2.05) is 4.90 Å². The van der Waals surface area contributed by atoms with E-state index in [0.717, 1.165) is 30.7 Å². The molecule has 1 aliphatic rings. The van der Waals surface area contributed by atoms with Gasteiger partial charge in [-0.2, -0.15) is 13.2 Å². The fourth-order valence-corrected chi connectivity index (χ4v) is 3.24. The Hall–Kier alpha value is -2.54. The van der Waals surface area contributed by atoms with Crippen molar-refractivity contribution >= 4 is 11.6 Å². The van der Waals surface area contributed by atoms with Crippen LogP contribution in [0.15, 0.2) is 48.5 Å². The Morgan fingerprint density at radius 1 is 1.00 bits per heavy atom. The second-order valence-corrected chi connectivity index (χ2v) is 6.74. The molecule has 4 nitrogen and oxygen atoms in total. The summed E-state index contributed by atoms with van der Waals surface area (Å²) in [5.74, 6) is -0.0429. The van der Waals surface area contributed by atoms with Crippen LogP contribution in [-0.2, 0) is 12.7 Å². The molecule has 1 fully saturated rings. The summed E-state index contributed by atoms with van der Waals surface area (Å²) in [5, 5.41) is 0. The molecule has 1 heterocycles. The summed E-state index contributed by atoms with van der Waals surface area (Å²) in [6.45, 7) is 3.26. The van der Waals surface area contributed by atoms with Crippen molar-refractivity contribution in [2.24, 2.45) is 0 Å². The van der Waals surface area contributed by atoms with Gasteiger partial charge >= 0.3 is 6.18 Å². The topological polar surface area (TPSA) is 49.6 Å². The standard InChI is InChI=1S/C20H22F3N3O/c21-20(22,23)17-7-5-15(6-8-17)14-25-9-2-10-26(12-11-25)19(27)16-3-1-4-18(24)13-16/h1,3-8,13H,2,9-12,14,24H2. The van der Waals surface area contributed by atoms with Crippen molar-refractivity contribution in [3.63, 3.8) is 0 Å². The van der Waals surface area contributed by atoms with Gasteiger partial charge in [0.25, 0.3) is 5.91 Å². The molecule has 2 aromatic rings. The summed E-state index contributed by atoms with van der Waals surface area (Å²) in [7, 11) is 0. The van der Waals surface area contributed by atoms with E-state index >= 15 is 0 Å². The molecule has 7 heteroatoms. The van der Waals surface area contributed by atoms with Crippen molar-refractivity contribution in [2.45, 2.75) is 19.1 Å². The van der Waals surface area contributed by atoms with Gasteiger partial charge < -0.3 is 10.6 Å². The number of benzene rings is 2. The molecule has 0 bridgehead atoms. The number of nitrogens with two attached hydrogens (primary N) is 1. The van der Waals surface area contributed by atoms with Gasteiger partial charge in [0.05, 0.1) is 5.56 Å². The molecule has 144 valence electrons. The van der Waals surface area contributed by atoms with Crippen LogP contribution in [0.2, 0.25) is 0 Å². The van der Waals surface area contributed by atoms with Gasteiger partial charge in [0.2, 0.25) is 0 Å². The predicted molar refractivity (Wildman–Crippen MR) is 98.1 cm³/mol. The maximum Gasteiger partial charge on any atom is 0.416 e. The van der Waals surface area contributed by atoms with Crippen LogP contribution in [0, 0.1) is 0 Å². The van der Waals surface area contributed by atoms with Gasteiger partial charge in [-0.3, -0.25) is 9.69 Å². The van der Waals surface area contributed by atoms with Crippen molar-refractivity contribution in [1.29, 1.82) is 0 Å². The highest BCUT2D eigenvalue weighted by atomic mass is 19.4. The molecule has 0 spiro atoms. The molecule has 2 aromatic carbocycles. The van der Waals surface area contributed by atoms with E-state index in [1.54, 1.807) is 24.3 Å². The second-order valence-electron chi connectivity index (χ2n) is 6.74. The first-order chi connectivity index (χ1) is 12.8. The molecule has 27 heavy (non-hydrogen) atoms. The minimum atomic E-state index is -4.32. The third-order valence-electron chi connectivity index (χ3n) is 4.70. The average molecular weight is 377 g/mol. The zero-order valence-corrected chi connectivity index (χ0v) is 14.9. The SMILES string of the molecule is Nc1cccc(C(=O)N2CCCN(Cc3ccc(C(F)(F)F)cc3)CC2)c1. The summed E-state index contributed by atoms with van der Waals surface area (Å²) >= 11 is 0. The van der Waals surface area contributed by atoms with Crippen LogP contribution < -0.4 is 5.73 Å². The number of hydrogen-bond donors (Lipinski definition) is 1. The molecule has 0 radical (unpaired) electrons. The molecule has 0 aliphatic carbocycles. The van der Waals surface area contributed by atoms with Crippen LogP contribution in [0.3, 0.4) is 0 Å². The number of hydrogen-bond acceptors (Lipinski definition) is 3. The van der Waals surface area contributed by atoms with E-state index in [4.69, 9.17) is 5.73 Å². The number of nitrogens with zero attached hydrogens (tertiary/aromatic N) is 2. The molecule has 0 unspecified atom stereocenters. The maximum absolute atomic E-state index is 12.7. The molecular formula is C20H22F3N3O. The monoisotopic (exact) mass is 377 g/mol. The molecule has 1 saturated heterocycles. The van der Waals surface area contributed by atoms with Crippen molar-refractivity contribution in [1.82, 2.24) is 9.80 Å². The van der Waals surface area contributed by atoms with E-state index in [1.165, 1.54) is 12.1 Å². The van der Waals surface area contributed by atoms with Gasteiger partial charge in [-0.1, -0.05) is 18.2 Å². The summed E-state index contributed by atoms with van der Waals surface area (Å²) in [4.78, 5) is 16.6. The molecule has 2 N–H and O–H groups in total. The Bertz CT molecular complexity index is 790. The predicted octanol–water partition coefficient (Wildman–Crippen LogP) is 3.64. The lowest BCUT2D eigenvalue weighted by Crippen LogP contribution is -2.35. The number of halogens is 3. The molecular weight excluding hydrogens is 355 g/mol. The highest BCUT2D eigenvalue weighted by Gasteiger charge is 2.30. The Labute approximate surface area is 156 Å². The van der Waals surface area contributed by atoms with E-state index in [-0.39, 0.29) is 5.91 Å². The van der Waals surface area contributed by atoms with Crippen LogP contribution in [0.1, 0.15) is 27.9 Å². The first-order valence-corrected chi connectivity index (χ1v) is 8.86. The van der Waals surface area contributed by atoms with E-state index < -0.39 is 11.7 Å². The van der Waals surface area contributed by atoms with Crippen LogP contribution in [0.5, 0.6) is 0 Å². The highest BCUT2D eigenvalue weighted by molar-refractivity contribution is 5.95. The van der Waals surface area contributed by atoms with E-state index in [2.05, 4.69) is 4.90 Å². The third-order valence-corrected chi connectivity index (χ3v) is 4.70. The first kappa shape index (κ1) is 19.2. The first-order valence-electron chi connectivity index (χ1n) is 8.86. The lowest BCUT2D eigenvalue weighted by molar-refractivity contribution is -0.137. The minimum absolute atomic E-state index is 0.0429. The molecule has 3 rings (SSSR count). The summed E-state index contributed by atoms with van der Waals surface area (Å²) in [6, 6.07) is 12.2. The van der Waals surface area contributed by atoms with Gasteiger partial charge in [0, 0.05) is 44.0 Å². The van der Waals surface area contributed by atoms with E-state index in [9.17, 15) is 18.0 Å². The molecule has 1 aliphatic heterocycles. The summed E-state index contributed by atoms with van der Waals surface area (Å²) in [5.41, 5.74) is 7.08. The minimum Gasteiger partial charge on any atom is -0.399 e. The lowest BCUT2D eigenvalue weighted by atomic mass is 10.1. The van der Waals surface area contributed by atoms with Gasteiger partial charge in [-0.15, -0.1) is 0 Å². The second kappa shape index (κ2) is 8.00. The normalized spacial score (nSPS) is 16.2. The molecule has 1 amide bonds. The summed E-state index contributed by atoms with van der Waals surface area (Å²) in [6.07, 6.45) is -3.50. The van der Waals surface area contributed by atoms with Gasteiger partial charge in [0.15, 0.2) is 0 Å². The van der Waals surface area contributed by atoms with Gasteiger partial charge in [-0.25, -0.2) is 0 Å². The van der Waals surface area contributed by atoms with Gasteiger partial charge in [-0.05, 0) is 42.3 Å². The Balaban J connectivity index is 1.59. The van der Waals surface area contributed by atoms with Gasteiger partial charge in [0.1, 0.15) is 0 Å². The molecule has 0 aromatic heterocycles. The third kappa shape index (κ3) is 5.01. The Kier molecular flexibility index (Phi) is 5.70. The van der Waals surface area contributed by atoms with Crippen molar-refractivity contribution in [3.05, 3.63) is 65.2 Å². The van der Waals surface area contributed by atoms with Crippen molar-refractivity contribution in [2.75, 3.05) is 31.9 Å². The zero-order chi connectivity index (χ0) is 19.4. The van der Waals surface area contributed by atoms with Crippen LogP contribution in [-0.4, -0.2) is 41.9 Å². The lowest BCUT2D eigenvalue weighted by Gasteiger charge is -2.22. The molecule has 0 atom stereocenters. The number of amides is 1. The Morgan fingerprint density at radius 3 is 2.41 bits per heavy atom. The number of rotatable bonds is 3. The Morgan fingerprint density at radius 2 is 1.74 bits per heavy atom. The van der Waals surface area contributed by atoms with E-state index in [0.29, 0.717) is 37.4 Å². The van der Waals surface area contributed by atoms with Crippen molar-refractivity contribution in [3.8, 4) is 0 Å². The smallest absolute Gasteiger partial charge is 0.399 e. The quantitative estimate of drug-likeness (QED) is 0.831. The number of anilines is 1. The van der Waals surface area contributed by atoms with Crippen LogP contribution >= 0.6 is 0 Å². The number of carbonyl (C=O) groups excluding carboxylic acids is 1.